The zero-order valence-corrected chi connectivity index (χ0v) is 20.0. The first-order chi connectivity index (χ1) is 17.0. The van der Waals surface area contributed by atoms with E-state index < -0.39 is 0 Å². The summed E-state index contributed by atoms with van der Waals surface area (Å²) >= 11 is 0. The average Bonchev–Trinajstić information content (AvgIpc) is 3.27. The van der Waals surface area contributed by atoms with Gasteiger partial charge in [-0.1, -0.05) is 6.08 Å². The number of H-pyrrole nitrogens is 1. The summed E-state index contributed by atoms with van der Waals surface area (Å²) in [5, 5.41) is 5.43. The number of piperidine rings is 1. The minimum absolute atomic E-state index is 0.00188. The molecule has 1 saturated heterocycles. The number of likely N-dealkylation sites (tertiary alicyclic amines) is 1. The lowest BCUT2D eigenvalue weighted by Gasteiger charge is -2.30. The number of nitrogens with zero attached hydrogens (tertiary/aromatic N) is 3. The number of amides is 2. The van der Waals surface area contributed by atoms with Gasteiger partial charge in [0.15, 0.2) is 0 Å². The number of aromatic amines is 1. The molecule has 0 spiro atoms. The molecule has 1 fully saturated rings. The van der Waals surface area contributed by atoms with Crippen molar-refractivity contribution >= 4 is 28.8 Å². The third kappa shape index (κ3) is 4.85. The molecule has 0 aliphatic carbocycles. The fourth-order valence-electron chi connectivity index (χ4n) is 4.65. The van der Waals surface area contributed by atoms with Gasteiger partial charge in [0.05, 0.1) is 5.52 Å². The Labute approximate surface area is 203 Å². The van der Waals surface area contributed by atoms with Crippen molar-refractivity contribution in [3.8, 4) is 11.1 Å². The number of pyridine rings is 1. The lowest BCUT2D eigenvalue weighted by molar-refractivity contribution is 0.219. The second kappa shape index (κ2) is 9.79. The molecule has 0 saturated carbocycles. The summed E-state index contributed by atoms with van der Waals surface area (Å²) in [6.07, 6.45) is 9.62. The van der Waals surface area contributed by atoms with Crippen LogP contribution in [-0.2, 0) is 4.74 Å². The number of benzene rings is 1. The molecule has 0 radical (unpaired) electrons. The summed E-state index contributed by atoms with van der Waals surface area (Å²) in [6.45, 7) is 4.82. The van der Waals surface area contributed by atoms with Crippen molar-refractivity contribution in [1.29, 1.82) is 0 Å². The van der Waals surface area contributed by atoms with E-state index in [9.17, 15) is 9.59 Å². The first kappa shape index (κ1) is 22.9. The predicted octanol–water partition coefficient (Wildman–Crippen LogP) is 3.73. The summed E-state index contributed by atoms with van der Waals surface area (Å²) in [5.74, 6) is 1.03. The van der Waals surface area contributed by atoms with Crippen LogP contribution in [0.4, 0.5) is 10.7 Å². The maximum absolute atomic E-state index is 13.1. The van der Waals surface area contributed by atoms with Gasteiger partial charge in [0.1, 0.15) is 17.9 Å². The van der Waals surface area contributed by atoms with E-state index >= 15 is 0 Å². The molecule has 5 rings (SSSR count). The predicted molar refractivity (Wildman–Crippen MR) is 137 cm³/mol. The summed E-state index contributed by atoms with van der Waals surface area (Å²) < 4.78 is 7.73. The molecule has 9 nitrogen and oxygen atoms in total. The molecule has 4 heterocycles. The van der Waals surface area contributed by atoms with Gasteiger partial charge >= 0.3 is 6.03 Å². The molecule has 182 valence electrons. The number of hydrogen-bond acceptors (Lipinski definition) is 5. The molecule has 2 aliphatic rings. The number of allylic oxidation sites excluding steroid dienone is 2. The largest absolute Gasteiger partial charge is 0.489 e. The molecule has 2 aliphatic heterocycles. The first-order valence-electron chi connectivity index (χ1n) is 12.0. The smallest absolute Gasteiger partial charge is 0.321 e. The molecular weight excluding hydrogens is 444 g/mol. The number of urea groups is 1. The van der Waals surface area contributed by atoms with E-state index in [0.717, 1.165) is 48.1 Å². The van der Waals surface area contributed by atoms with Gasteiger partial charge in [-0.15, -0.1) is 0 Å². The number of rotatable bonds is 5. The monoisotopic (exact) mass is 474 g/mol. The van der Waals surface area contributed by atoms with Gasteiger partial charge in [0.2, 0.25) is 5.95 Å². The van der Waals surface area contributed by atoms with Crippen LogP contribution in [0, 0.1) is 0 Å². The fraction of sp³-hybridized carbons (Fsp3) is 0.346. The van der Waals surface area contributed by atoms with Crippen LogP contribution in [0.2, 0.25) is 0 Å². The van der Waals surface area contributed by atoms with E-state index in [2.05, 4.69) is 32.5 Å². The lowest BCUT2D eigenvalue weighted by atomic mass is 10.00. The number of anilines is 1. The zero-order valence-electron chi connectivity index (χ0n) is 20.0. The highest BCUT2D eigenvalue weighted by Gasteiger charge is 2.20. The SMILES string of the molecule is CCNC(=O)Nc1nc2c(C3=CC=CCO3)cc(-c3ccn(C4CCN(C)CC4)c(=O)c3)cc2[nH]1. The Hall–Kier alpha value is -3.85. The minimum atomic E-state index is -0.332. The molecule has 3 N–H and O–H groups in total. The van der Waals surface area contributed by atoms with Gasteiger partial charge in [0.25, 0.3) is 5.56 Å². The van der Waals surface area contributed by atoms with E-state index in [-0.39, 0.29) is 17.6 Å². The van der Waals surface area contributed by atoms with Crippen molar-refractivity contribution in [2.75, 3.05) is 38.6 Å². The van der Waals surface area contributed by atoms with Crippen LogP contribution < -0.4 is 16.2 Å². The van der Waals surface area contributed by atoms with Crippen molar-refractivity contribution in [3.05, 3.63) is 64.6 Å². The van der Waals surface area contributed by atoms with E-state index in [1.807, 2.05) is 54.1 Å². The summed E-state index contributed by atoms with van der Waals surface area (Å²) in [4.78, 5) is 35.2. The Morgan fingerprint density at radius 2 is 2.06 bits per heavy atom. The van der Waals surface area contributed by atoms with Crippen molar-refractivity contribution in [1.82, 2.24) is 24.8 Å². The second-order valence-electron chi connectivity index (χ2n) is 8.96. The highest BCUT2D eigenvalue weighted by Crippen LogP contribution is 2.33. The molecule has 3 aromatic rings. The number of imidazole rings is 1. The van der Waals surface area contributed by atoms with Crippen molar-refractivity contribution < 1.29 is 9.53 Å². The third-order valence-corrected chi connectivity index (χ3v) is 6.50. The molecule has 0 unspecified atom stereocenters. The second-order valence-corrected chi connectivity index (χ2v) is 8.96. The number of fused-ring (bicyclic) bond motifs is 1. The standard InChI is InChI=1S/C26H30N6O3/c1-3-27-26(34)30-25-28-21-15-18(14-20(24(21)29-25)22-6-4-5-13-35-22)17-7-12-32(23(33)16-17)19-8-10-31(2)11-9-19/h4-7,12,14-16,19H,3,8-11,13H2,1-2H3,(H3,27,28,29,30,34). The highest BCUT2D eigenvalue weighted by atomic mass is 16.5. The van der Waals surface area contributed by atoms with Crippen molar-refractivity contribution in [2.24, 2.45) is 0 Å². The average molecular weight is 475 g/mol. The van der Waals surface area contributed by atoms with Crippen LogP contribution >= 0.6 is 0 Å². The molecule has 1 aromatic carbocycles. The number of ether oxygens (including phenoxy) is 1. The Kier molecular flexibility index (Phi) is 6.41. The molecule has 0 bridgehead atoms. The lowest BCUT2D eigenvalue weighted by Crippen LogP contribution is -2.35. The van der Waals surface area contributed by atoms with Crippen LogP contribution in [0.5, 0.6) is 0 Å². The Morgan fingerprint density at radius 3 is 2.77 bits per heavy atom. The first-order valence-corrected chi connectivity index (χ1v) is 12.0. The van der Waals surface area contributed by atoms with Gasteiger partial charge in [-0.05, 0) is 81.4 Å². The Bertz CT molecular complexity index is 1360. The van der Waals surface area contributed by atoms with Gasteiger partial charge in [-0.25, -0.2) is 9.78 Å². The number of carbonyl (C=O) groups is 1. The molecule has 9 heteroatoms. The quantitative estimate of drug-likeness (QED) is 0.523. The molecule has 2 aromatic heterocycles. The third-order valence-electron chi connectivity index (χ3n) is 6.50. The van der Waals surface area contributed by atoms with E-state index in [1.54, 1.807) is 6.07 Å². The number of carbonyl (C=O) groups excluding carboxylic acids is 1. The highest BCUT2D eigenvalue weighted by molar-refractivity contribution is 5.95. The number of aromatic nitrogens is 3. The maximum atomic E-state index is 13.1. The Balaban J connectivity index is 1.54. The zero-order chi connectivity index (χ0) is 24.4. The van der Waals surface area contributed by atoms with Gasteiger partial charge in [-0.3, -0.25) is 10.1 Å². The Morgan fingerprint density at radius 1 is 1.23 bits per heavy atom. The molecule has 2 amide bonds. The van der Waals surface area contributed by atoms with Gasteiger partial charge in [0, 0.05) is 30.4 Å². The summed E-state index contributed by atoms with van der Waals surface area (Å²) in [6, 6.07) is 7.52. The van der Waals surface area contributed by atoms with Gasteiger partial charge in [-0.2, -0.15) is 0 Å². The maximum Gasteiger partial charge on any atom is 0.321 e. The topological polar surface area (TPSA) is 104 Å². The van der Waals surface area contributed by atoms with Crippen LogP contribution in [-0.4, -0.2) is 58.8 Å². The molecular formula is C26H30N6O3. The number of hydrogen-bond donors (Lipinski definition) is 3. The van der Waals surface area contributed by atoms with Crippen LogP contribution in [0.1, 0.15) is 31.4 Å². The van der Waals surface area contributed by atoms with Crippen LogP contribution in [0.3, 0.4) is 0 Å². The minimum Gasteiger partial charge on any atom is -0.489 e. The van der Waals surface area contributed by atoms with Crippen LogP contribution in [0.15, 0.2) is 53.5 Å². The van der Waals surface area contributed by atoms with Crippen molar-refractivity contribution in [2.45, 2.75) is 25.8 Å². The van der Waals surface area contributed by atoms with Crippen LogP contribution in [0.25, 0.3) is 27.9 Å². The van der Waals surface area contributed by atoms with E-state index in [4.69, 9.17) is 4.74 Å². The van der Waals surface area contributed by atoms with Gasteiger partial charge < -0.3 is 24.5 Å². The number of nitrogens with one attached hydrogen (secondary N) is 3. The van der Waals surface area contributed by atoms with E-state index in [0.29, 0.717) is 30.4 Å². The fourth-order valence-corrected chi connectivity index (χ4v) is 4.65. The molecule has 35 heavy (non-hydrogen) atoms. The van der Waals surface area contributed by atoms with E-state index in [1.165, 1.54) is 0 Å². The summed E-state index contributed by atoms with van der Waals surface area (Å²) in [7, 11) is 2.11. The summed E-state index contributed by atoms with van der Waals surface area (Å²) in [5.41, 5.74) is 3.90. The molecule has 0 atom stereocenters. The van der Waals surface area contributed by atoms with Crippen molar-refractivity contribution in [3.63, 3.8) is 0 Å². The normalized spacial score (nSPS) is 16.7.